The first-order chi connectivity index (χ1) is 29.2. The van der Waals surface area contributed by atoms with Crippen LogP contribution in [-0.4, -0.2) is 117 Å². The summed E-state index contributed by atoms with van der Waals surface area (Å²) >= 11 is 6.71. The van der Waals surface area contributed by atoms with Crippen LogP contribution in [-0.2, 0) is 20.8 Å². The number of aromatic amines is 1. The molecule has 4 atom stereocenters. The van der Waals surface area contributed by atoms with Gasteiger partial charge in [-0.15, -0.1) is 0 Å². The van der Waals surface area contributed by atoms with Crippen molar-refractivity contribution in [2.45, 2.75) is 115 Å². The van der Waals surface area contributed by atoms with Crippen LogP contribution in [0, 0.1) is 6.92 Å². The summed E-state index contributed by atoms with van der Waals surface area (Å²) in [6.07, 6.45) is 24.0. The monoisotopic (exact) mass is 865 g/mol. The van der Waals surface area contributed by atoms with E-state index >= 15 is 0 Å². The Morgan fingerprint density at radius 1 is 1.03 bits per heavy atom. The third-order valence-corrected chi connectivity index (χ3v) is 12.3. The zero-order chi connectivity index (χ0) is 43.7. The van der Waals surface area contributed by atoms with Crippen LogP contribution >= 0.6 is 24.0 Å². The van der Waals surface area contributed by atoms with Crippen molar-refractivity contribution < 1.29 is 19.2 Å². The molecule has 0 radical (unpaired) electrons. The fourth-order valence-corrected chi connectivity index (χ4v) is 9.06. The van der Waals surface area contributed by atoms with E-state index in [1.165, 1.54) is 22.9 Å². The van der Waals surface area contributed by atoms with Crippen molar-refractivity contribution in [3.8, 4) is 0 Å². The van der Waals surface area contributed by atoms with Gasteiger partial charge in [0, 0.05) is 73.8 Å². The number of thiocarbonyl (C=S) groups is 1. The minimum absolute atomic E-state index is 0.122. The molecule has 0 bridgehead atoms. The number of carbonyl (C=O) groups is 4. The number of unbranched alkanes of at least 4 members (excludes halogenated alkanes) is 4. The minimum Gasteiger partial charge on any atom is -0.368 e. The number of nitrogens with one attached hydrogen (secondary N) is 6. The Morgan fingerprint density at radius 2 is 1.78 bits per heavy atom. The van der Waals surface area contributed by atoms with Crippen LogP contribution in [0.1, 0.15) is 94.9 Å². The summed E-state index contributed by atoms with van der Waals surface area (Å²) in [5.41, 5.74) is 11.7. The molecule has 8 N–H and O–H groups in total. The second-order valence-electron chi connectivity index (χ2n) is 14.8. The van der Waals surface area contributed by atoms with Crippen LogP contribution in [0.4, 0.5) is 22.1 Å². The lowest BCUT2D eigenvalue weighted by molar-refractivity contribution is -0.131. The molecule has 2 aromatic heterocycles. The molecule has 4 heterocycles. The predicted octanol–water partition coefficient (Wildman–Crippen LogP) is 6.17. The zero-order valence-electron chi connectivity index (χ0n) is 35.8. The molecule has 4 unspecified atom stereocenters. The van der Waals surface area contributed by atoms with Crippen molar-refractivity contribution in [1.82, 2.24) is 35.4 Å². The molecule has 15 nitrogen and oxygen atoms in total. The Bertz CT molecular complexity index is 1740. The number of aryl methyl sites for hydroxylation is 1. The zero-order valence-corrected chi connectivity index (χ0v) is 37.5. The molecule has 0 saturated carbocycles. The quantitative estimate of drug-likeness (QED) is 0.0341. The standard InChI is InChI=1S/C42H65N11O3S2.CH2O/c1-5-7-9-16-32-30(3)46-26-31(32)20-21-45-39-38-40(48-28-47-39)50-33(41(55)51-38)17-12-15-24-52(23-13-8-14-25-53(22-6-2)42(56)49-29-57)36(54)19-11-10-18-35-37(43)34(44-4)27-58-35;1-2/h5-7,9,16,22,26,28-29,33-35,37,44,46H,8,10-15,17-21,23-25,27,43H2,1-4H3,(H,51,55)(H,49,56,57)(H2,45,47,48,50);1H2/b7-5-,16-9-,22-6-;. The van der Waals surface area contributed by atoms with Crippen LogP contribution < -0.4 is 32.3 Å². The number of likely N-dealkylation sites (N-methyl/N-ethyl adjacent to an activating group) is 1. The van der Waals surface area contributed by atoms with Gasteiger partial charge < -0.3 is 51.9 Å². The molecule has 17 heteroatoms. The molecule has 1 fully saturated rings. The molecule has 4 amide bonds. The Morgan fingerprint density at radius 3 is 2.50 bits per heavy atom. The van der Waals surface area contributed by atoms with Gasteiger partial charge in [-0.3, -0.25) is 9.59 Å². The first-order valence-electron chi connectivity index (χ1n) is 21.1. The highest BCUT2D eigenvalue weighted by atomic mass is 32.2. The summed E-state index contributed by atoms with van der Waals surface area (Å²) in [4.78, 5) is 62.9. The van der Waals surface area contributed by atoms with E-state index in [1.54, 1.807) is 11.1 Å². The smallest absolute Gasteiger partial charge is 0.326 e. The molecule has 330 valence electrons. The number of rotatable bonds is 25. The van der Waals surface area contributed by atoms with Gasteiger partial charge in [0.25, 0.3) is 0 Å². The molecular weight excluding hydrogens is 799 g/mol. The molecule has 1 saturated heterocycles. The summed E-state index contributed by atoms with van der Waals surface area (Å²) in [6, 6.07) is -0.203. The van der Waals surface area contributed by atoms with Gasteiger partial charge in [0.05, 0.1) is 5.49 Å². The van der Waals surface area contributed by atoms with Crippen LogP contribution in [0.2, 0.25) is 0 Å². The lowest BCUT2D eigenvalue weighted by atomic mass is 10.0. The first kappa shape index (κ1) is 49.8. The van der Waals surface area contributed by atoms with Crippen molar-refractivity contribution in [2.75, 3.05) is 54.9 Å². The Balaban J connectivity index is 0.00000473. The summed E-state index contributed by atoms with van der Waals surface area (Å²) in [7, 11) is 1.97. The molecule has 0 aromatic carbocycles. The number of H-pyrrole nitrogens is 1. The Kier molecular flexibility index (Phi) is 23.3. The summed E-state index contributed by atoms with van der Waals surface area (Å²) < 4.78 is 0. The number of hydrogen-bond donors (Lipinski definition) is 7. The molecule has 2 aromatic rings. The molecule has 2 aliphatic heterocycles. The van der Waals surface area contributed by atoms with Crippen molar-refractivity contribution >= 4 is 77.5 Å². The summed E-state index contributed by atoms with van der Waals surface area (Å²) in [5, 5.41) is 16.1. The topological polar surface area (TPSA) is 202 Å². The fraction of sp³-hybridized carbons (Fsp3) is 0.558. The van der Waals surface area contributed by atoms with E-state index in [-0.39, 0.29) is 23.9 Å². The van der Waals surface area contributed by atoms with E-state index in [0.29, 0.717) is 67.6 Å². The van der Waals surface area contributed by atoms with Crippen LogP contribution in [0.15, 0.2) is 43.0 Å². The minimum atomic E-state index is -0.438. The fourth-order valence-electron chi connectivity index (χ4n) is 7.37. The second kappa shape index (κ2) is 28.0. The lowest BCUT2D eigenvalue weighted by Crippen LogP contribution is -2.45. The lowest BCUT2D eigenvalue weighted by Gasteiger charge is -2.27. The normalized spacial score (nSPS) is 18.4. The molecule has 0 spiro atoms. The van der Waals surface area contributed by atoms with Crippen molar-refractivity contribution in [2.24, 2.45) is 5.73 Å². The first-order valence-corrected chi connectivity index (χ1v) is 22.6. The Hall–Kier alpha value is -4.58. The molecule has 0 aliphatic carbocycles. The number of hydrogen-bond acceptors (Lipinski definition) is 12. The predicted molar refractivity (Wildman–Crippen MR) is 250 cm³/mol. The molecular formula is C43H67N11O4S2. The number of anilines is 3. The van der Waals surface area contributed by atoms with E-state index < -0.39 is 6.04 Å². The van der Waals surface area contributed by atoms with E-state index in [1.807, 2.05) is 74.8 Å². The van der Waals surface area contributed by atoms with E-state index in [4.69, 9.17) is 22.7 Å². The largest absolute Gasteiger partial charge is 0.368 e. The van der Waals surface area contributed by atoms with E-state index in [0.717, 1.165) is 69.2 Å². The van der Waals surface area contributed by atoms with Gasteiger partial charge in [-0.05, 0) is 96.7 Å². The highest BCUT2D eigenvalue weighted by Gasteiger charge is 2.32. The second-order valence-corrected chi connectivity index (χ2v) is 16.3. The highest BCUT2D eigenvalue weighted by molar-refractivity contribution is 8.00. The highest BCUT2D eigenvalue weighted by Crippen LogP contribution is 2.32. The number of thioether (sulfide) groups is 1. The van der Waals surface area contributed by atoms with Crippen LogP contribution in [0.3, 0.4) is 0 Å². The van der Waals surface area contributed by atoms with Crippen molar-refractivity contribution in [1.29, 1.82) is 0 Å². The van der Waals surface area contributed by atoms with E-state index in [9.17, 15) is 14.4 Å². The maximum absolute atomic E-state index is 13.6. The van der Waals surface area contributed by atoms with Gasteiger partial charge in [-0.1, -0.05) is 49.0 Å². The molecule has 60 heavy (non-hydrogen) atoms. The molecule has 2 aliphatic rings. The number of nitrogens with zero attached hydrogens (tertiary/aromatic N) is 4. The maximum Gasteiger partial charge on any atom is 0.326 e. The van der Waals surface area contributed by atoms with Gasteiger partial charge >= 0.3 is 6.03 Å². The van der Waals surface area contributed by atoms with Gasteiger partial charge in [0.15, 0.2) is 11.6 Å². The number of amides is 4. The molecule has 4 rings (SSSR count). The van der Waals surface area contributed by atoms with Gasteiger partial charge in [0.2, 0.25) is 11.8 Å². The number of fused-ring (bicyclic) bond motifs is 1. The average Bonchev–Trinajstić information content (AvgIpc) is 3.79. The number of aromatic nitrogens is 3. The number of carbonyl (C=O) groups excluding carboxylic acids is 4. The van der Waals surface area contributed by atoms with Crippen LogP contribution in [0.5, 0.6) is 0 Å². The SMILES string of the molecule is C/C=C\C=C/c1c(CCNc2ncnc3c2NC(=O)C(CCCCN(CCCCCN(/C=C\C)C(=O)NC=S)C(=O)CCCCC2SCC(NC)C2N)N3)c[nH]c1C.C=O. The van der Waals surface area contributed by atoms with Crippen molar-refractivity contribution in [3.63, 3.8) is 0 Å². The summed E-state index contributed by atoms with van der Waals surface area (Å²) in [6.45, 7) is 10.4. The third kappa shape index (κ3) is 15.8. The third-order valence-electron chi connectivity index (χ3n) is 10.7. The number of urea groups is 1. The van der Waals surface area contributed by atoms with E-state index in [2.05, 4.69) is 54.5 Å². The number of allylic oxidation sites excluding steroid dienone is 4. The maximum atomic E-state index is 13.6. The average molecular weight is 866 g/mol. The van der Waals surface area contributed by atoms with Gasteiger partial charge in [0.1, 0.15) is 24.8 Å². The summed E-state index contributed by atoms with van der Waals surface area (Å²) in [5.74, 6) is 2.25. The number of nitrogens with two attached hydrogens (primary N) is 1. The van der Waals surface area contributed by atoms with Gasteiger partial charge in [-0.2, -0.15) is 11.8 Å². The van der Waals surface area contributed by atoms with Crippen molar-refractivity contribution in [3.05, 3.63) is 59.8 Å². The van der Waals surface area contributed by atoms with Gasteiger partial charge in [-0.25, -0.2) is 14.8 Å². The van der Waals surface area contributed by atoms with Crippen LogP contribution in [0.25, 0.3) is 6.08 Å². The Labute approximate surface area is 366 Å².